The summed E-state index contributed by atoms with van der Waals surface area (Å²) in [6.45, 7) is 10.1. The lowest BCUT2D eigenvalue weighted by Gasteiger charge is -2.27. The second-order valence-electron chi connectivity index (χ2n) is 10.5. The lowest BCUT2D eigenvalue weighted by Crippen LogP contribution is -2.38. The second kappa shape index (κ2) is 14.7. The number of carbonyl (C=O) groups is 1. The van der Waals surface area contributed by atoms with Crippen LogP contribution >= 0.6 is 23.1 Å². The van der Waals surface area contributed by atoms with Gasteiger partial charge in [0.25, 0.3) is 0 Å². The number of aryl methyl sites for hydroxylation is 1. The predicted molar refractivity (Wildman–Crippen MR) is 161 cm³/mol. The number of aliphatic hydroxyl groups excluding tert-OH is 1. The molecule has 2 aromatic carbocycles. The fraction of sp³-hybridized carbons (Fsp3) is 0.517. The third kappa shape index (κ3) is 9.86. The number of aromatic amines is 1. The highest BCUT2D eigenvalue weighted by molar-refractivity contribution is 7.99. The Morgan fingerprint density at radius 3 is 2.54 bits per heavy atom. The summed E-state index contributed by atoms with van der Waals surface area (Å²) in [4.78, 5) is 28.6. The van der Waals surface area contributed by atoms with Gasteiger partial charge in [0.15, 0.2) is 0 Å². The Kier molecular flexibility index (Phi) is 11.7. The highest BCUT2D eigenvalue weighted by Gasteiger charge is 2.22. The predicted octanol–water partition coefficient (Wildman–Crippen LogP) is 5.08. The number of phenols is 1. The van der Waals surface area contributed by atoms with Crippen molar-refractivity contribution in [2.45, 2.75) is 58.7 Å². The number of nitrogens with zero attached hydrogens (tertiary/aromatic N) is 1. The average Bonchev–Trinajstić information content (AvgIpc) is 3.28. The molecule has 0 aliphatic rings. The van der Waals surface area contributed by atoms with Gasteiger partial charge in [-0.15, -0.1) is 0 Å². The molecule has 0 radical (unpaired) electrons. The minimum atomic E-state index is -0.787. The van der Waals surface area contributed by atoms with Crippen molar-refractivity contribution in [1.29, 1.82) is 0 Å². The van der Waals surface area contributed by atoms with Crippen LogP contribution in [0, 0.1) is 0 Å². The molecular formula is C29H41N3O5S2. The van der Waals surface area contributed by atoms with E-state index in [2.05, 4.69) is 41.5 Å². The van der Waals surface area contributed by atoms with Crippen LogP contribution in [0.4, 0.5) is 4.79 Å². The van der Waals surface area contributed by atoms with Gasteiger partial charge in [0.1, 0.15) is 16.9 Å². The number of H-pyrrole nitrogens is 1. The van der Waals surface area contributed by atoms with Gasteiger partial charge in [0.05, 0.1) is 10.8 Å². The lowest BCUT2D eigenvalue weighted by molar-refractivity contribution is 0.0252. The summed E-state index contributed by atoms with van der Waals surface area (Å²) in [7, 11) is 0. The molecule has 1 aromatic heterocycles. The van der Waals surface area contributed by atoms with E-state index in [0.717, 1.165) is 48.6 Å². The van der Waals surface area contributed by atoms with E-state index in [9.17, 15) is 19.8 Å². The maximum atomic E-state index is 12.8. The number of nitrogens with one attached hydrogen (secondary N) is 2. The first-order valence-corrected chi connectivity index (χ1v) is 15.4. The monoisotopic (exact) mass is 575 g/mol. The van der Waals surface area contributed by atoms with Gasteiger partial charge < -0.3 is 30.2 Å². The normalized spacial score (nSPS) is 12.5. The maximum absolute atomic E-state index is 12.8. The third-order valence-corrected chi connectivity index (χ3v) is 8.18. The van der Waals surface area contributed by atoms with Crippen molar-refractivity contribution in [1.82, 2.24) is 15.2 Å². The molecule has 214 valence electrons. The number of aliphatic hydroxyl groups is 1. The molecule has 3 aromatic rings. The van der Waals surface area contributed by atoms with Crippen molar-refractivity contribution < 1.29 is 19.7 Å². The molecule has 0 saturated heterocycles. The molecule has 4 N–H and O–H groups in total. The number of thiazole rings is 1. The van der Waals surface area contributed by atoms with Crippen molar-refractivity contribution in [2.24, 2.45) is 0 Å². The first-order chi connectivity index (χ1) is 18.6. The highest BCUT2D eigenvalue weighted by atomic mass is 32.2. The molecular weight excluding hydrogens is 534 g/mol. The number of benzene rings is 2. The lowest BCUT2D eigenvalue weighted by atomic mass is 10.1. The van der Waals surface area contributed by atoms with Crippen molar-refractivity contribution in [2.75, 3.05) is 37.7 Å². The van der Waals surface area contributed by atoms with Crippen LogP contribution in [0.5, 0.6) is 5.75 Å². The molecule has 0 bridgehead atoms. The Morgan fingerprint density at radius 2 is 1.85 bits per heavy atom. The van der Waals surface area contributed by atoms with E-state index in [-0.39, 0.29) is 16.7 Å². The minimum absolute atomic E-state index is 0.000441. The fourth-order valence-electron chi connectivity index (χ4n) is 4.08. The largest absolute Gasteiger partial charge is 0.506 e. The van der Waals surface area contributed by atoms with Crippen LogP contribution < -0.4 is 10.2 Å². The zero-order valence-electron chi connectivity index (χ0n) is 23.3. The van der Waals surface area contributed by atoms with Crippen LogP contribution in [0.2, 0.25) is 0 Å². The van der Waals surface area contributed by atoms with E-state index in [1.807, 2.05) is 25.7 Å². The number of aromatic nitrogens is 1. The molecule has 1 atom stereocenters. The number of hydrogen-bond donors (Lipinski definition) is 4. The number of phenolic OH excluding ortho intramolecular Hbond substituents is 1. The summed E-state index contributed by atoms with van der Waals surface area (Å²) >= 11 is 2.78. The summed E-state index contributed by atoms with van der Waals surface area (Å²) in [5.74, 6) is 1.77. The van der Waals surface area contributed by atoms with Gasteiger partial charge >= 0.3 is 11.0 Å². The maximum Gasteiger partial charge on any atom is 0.410 e. The molecule has 3 rings (SSSR count). The number of amides is 1. The van der Waals surface area contributed by atoms with Crippen LogP contribution in [-0.4, -0.2) is 69.5 Å². The third-order valence-electron chi connectivity index (χ3n) is 6.18. The van der Waals surface area contributed by atoms with E-state index in [1.165, 1.54) is 17.2 Å². The number of rotatable bonds is 14. The molecule has 1 amide bonds. The van der Waals surface area contributed by atoms with E-state index in [4.69, 9.17) is 4.74 Å². The molecule has 1 heterocycles. The zero-order chi connectivity index (χ0) is 28.4. The summed E-state index contributed by atoms with van der Waals surface area (Å²) in [6.07, 6.45) is 1.60. The summed E-state index contributed by atoms with van der Waals surface area (Å²) < 4.78 is 6.22. The van der Waals surface area contributed by atoms with Gasteiger partial charge in [-0.25, -0.2) is 4.79 Å². The molecule has 0 saturated carbocycles. The molecule has 10 heteroatoms. The Labute approximate surface area is 238 Å². The number of carbonyl (C=O) groups excluding carboxylic acids is 1. The van der Waals surface area contributed by atoms with Crippen LogP contribution in [0.25, 0.3) is 10.2 Å². The van der Waals surface area contributed by atoms with Gasteiger partial charge in [-0.1, -0.05) is 48.6 Å². The standard InChI is InChI=1S/C29H41N3O5S2/c1-5-20-7-9-21(10-8-20)13-16-32(28(36)37-29(2,3)4)15-6-17-38-18-14-30-19-24(34)22-11-12-23(33)25-26(22)39-27(35)31-25/h7-12,24,30,33-34H,5-6,13-19H2,1-4H3,(H,31,35). The Balaban J connectivity index is 1.39. The topological polar surface area (TPSA) is 115 Å². The molecule has 8 nitrogen and oxygen atoms in total. The Morgan fingerprint density at radius 1 is 1.13 bits per heavy atom. The molecule has 0 aliphatic heterocycles. The molecule has 0 spiro atoms. The van der Waals surface area contributed by atoms with E-state index in [1.54, 1.807) is 17.8 Å². The first kappa shape index (κ1) is 31.0. The minimum Gasteiger partial charge on any atom is -0.506 e. The van der Waals surface area contributed by atoms with Gasteiger partial charge in [-0.3, -0.25) is 4.79 Å². The molecule has 39 heavy (non-hydrogen) atoms. The van der Waals surface area contributed by atoms with E-state index >= 15 is 0 Å². The highest BCUT2D eigenvalue weighted by Crippen LogP contribution is 2.31. The van der Waals surface area contributed by atoms with Gasteiger partial charge in [-0.2, -0.15) is 11.8 Å². The van der Waals surface area contributed by atoms with E-state index in [0.29, 0.717) is 35.4 Å². The molecule has 1 unspecified atom stereocenters. The first-order valence-electron chi connectivity index (χ1n) is 13.4. The SMILES string of the molecule is CCc1ccc(CCN(CCCSCCNCC(O)c2ccc(O)c3[nH]c(=O)sc23)C(=O)OC(C)(C)C)cc1. The average molecular weight is 576 g/mol. The van der Waals surface area contributed by atoms with Crippen LogP contribution in [0.3, 0.4) is 0 Å². The van der Waals surface area contributed by atoms with Crippen molar-refractivity contribution >= 4 is 39.4 Å². The van der Waals surface area contributed by atoms with Crippen LogP contribution in [0.15, 0.2) is 41.2 Å². The summed E-state index contributed by atoms with van der Waals surface area (Å²) in [5.41, 5.74) is 2.97. The number of ether oxygens (including phenoxy) is 1. The Bertz CT molecular complexity index is 1250. The number of aromatic hydroxyl groups is 1. The van der Waals surface area contributed by atoms with Crippen LogP contribution in [0.1, 0.15) is 56.9 Å². The number of fused-ring (bicyclic) bond motifs is 1. The van der Waals surface area contributed by atoms with Crippen molar-refractivity contribution in [3.8, 4) is 5.75 Å². The number of thioether (sulfide) groups is 1. The Hall–Kier alpha value is -2.53. The smallest absolute Gasteiger partial charge is 0.410 e. The van der Waals surface area contributed by atoms with Gasteiger partial charge in [0.2, 0.25) is 0 Å². The van der Waals surface area contributed by atoms with Crippen molar-refractivity contribution in [3.05, 3.63) is 62.8 Å². The fourth-order valence-corrected chi connectivity index (χ4v) is 5.83. The quantitative estimate of drug-likeness (QED) is 0.198. The van der Waals surface area contributed by atoms with Gasteiger partial charge in [-0.05, 0) is 63.0 Å². The van der Waals surface area contributed by atoms with Gasteiger partial charge in [0, 0.05) is 37.5 Å². The molecule has 0 aliphatic carbocycles. The zero-order valence-corrected chi connectivity index (χ0v) is 24.9. The van der Waals surface area contributed by atoms with Crippen LogP contribution in [-0.2, 0) is 17.6 Å². The summed E-state index contributed by atoms with van der Waals surface area (Å²) in [6, 6.07) is 11.7. The van der Waals surface area contributed by atoms with Crippen molar-refractivity contribution in [3.63, 3.8) is 0 Å². The molecule has 0 fully saturated rings. The summed E-state index contributed by atoms with van der Waals surface area (Å²) in [5, 5.41) is 23.8. The number of hydrogen-bond acceptors (Lipinski definition) is 8. The second-order valence-corrected chi connectivity index (χ2v) is 12.7. The van der Waals surface area contributed by atoms with E-state index < -0.39 is 11.7 Å².